The van der Waals surface area contributed by atoms with Crippen LogP contribution in [0.2, 0.25) is 0 Å². The molecule has 1 heterocycles. The van der Waals surface area contributed by atoms with E-state index < -0.39 is 5.60 Å². The molecule has 0 amide bonds. The van der Waals surface area contributed by atoms with Crippen LogP contribution in [0.3, 0.4) is 0 Å². The molecule has 1 aromatic carbocycles. The first-order chi connectivity index (χ1) is 9.34. The van der Waals surface area contributed by atoms with Crippen LogP contribution in [0.15, 0.2) is 30.6 Å². The Hall–Kier alpha value is -2.40. The first-order valence-electron chi connectivity index (χ1n) is 6.10. The van der Waals surface area contributed by atoms with Crippen molar-refractivity contribution in [2.45, 2.75) is 19.4 Å². The van der Waals surface area contributed by atoms with Crippen molar-refractivity contribution < 1.29 is 15.3 Å². The summed E-state index contributed by atoms with van der Waals surface area (Å²) in [5, 5.41) is 28.5. The standard InChI is InChI=1S/C15H16N2O3/c1-15(2,20)14-9-16-11(8-17-14)4-3-10-5-12(18)7-13(19)6-10/h3-9,18-20H,1-2H3/b4-3+. The van der Waals surface area contributed by atoms with Gasteiger partial charge >= 0.3 is 0 Å². The third kappa shape index (κ3) is 3.55. The summed E-state index contributed by atoms with van der Waals surface area (Å²) >= 11 is 0. The van der Waals surface area contributed by atoms with Crippen LogP contribution in [0, 0.1) is 0 Å². The Morgan fingerprint density at radius 1 is 0.950 bits per heavy atom. The van der Waals surface area contributed by atoms with Gasteiger partial charge in [-0.05, 0) is 37.6 Å². The summed E-state index contributed by atoms with van der Waals surface area (Å²) in [6, 6.07) is 4.30. The maximum absolute atomic E-state index is 9.77. The first-order valence-corrected chi connectivity index (χ1v) is 6.10. The number of aromatic nitrogens is 2. The SMILES string of the molecule is CC(C)(O)c1cnc(/C=C/c2cc(O)cc(O)c2)cn1. The van der Waals surface area contributed by atoms with Crippen molar-refractivity contribution in [1.82, 2.24) is 9.97 Å². The maximum atomic E-state index is 9.77. The molecule has 5 nitrogen and oxygen atoms in total. The van der Waals surface area contributed by atoms with Crippen molar-refractivity contribution in [3.63, 3.8) is 0 Å². The van der Waals surface area contributed by atoms with Gasteiger partial charge in [0.1, 0.15) is 17.1 Å². The highest BCUT2D eigenvalue weighted by molar-refractivity contribution is 5.69. The van der Waals surface area contributed by atoms with E-state index in [1.54, 1.807) is 32.2 Å². The van der Waals surface area contributed by atoms with Crippen LogP contribution in [-0.4, -0.2) is 25.3 Å². The van der Waals surface area contributed by atoms with Crippen LogP contribution in [0.4, 0.5) is 0 Å². The number of phenols is 2. The van der Waals surface area contributed by atoms with Crippen LogP contribution in [0.1, 0.15) is 30.8 Å². The van der Waals surface area contributed by atoms with Gasteiger partial charge in [0.15, 0.2) is 0 Å². The van der Waals surface area contributed by atoms with E-state index in [4.69, 9.17) is 0 Å². The zero-order chi connectivity index (χ0) is 14.8. The number of aliphatic hydroxyl groups is 1. The minimum Gasteiger partial charge on any atom is -0.508 e. The summed E-state index contributed by atoms with van der Waals surface area (Å²) in [6.07, 6.45) is 6.47. The Balaban J connectivity index is 2.19. The van der Waals surface area contributed by atoms with Crippen molar-refractivity contribution in [1.29, 1.82) is 0 Å². The number of nitrogens with zero attached hydrogens (tertiary/aromatic N) is 2. The fourth-order valence-electron chi connectivity index (χ4n) is 1.64. The summed E-state index contributed by atoms with van der Waals surface area (Å²) in [5.74, 6) is -0.0128. The van der Waals surface area contributed by atoms with E-state index in [1.807, 2.05) is 0 Å². The van der Waals surface area contributed by atoms with E-state index in [2.05, 4.69) is 9.97 Å². The van der Waals surface area contributed by atoms with Crippen molar-refractivity contribution in [2.24, 2.45) is 0 Å². The monoisotopic (exact) mass is 272 g/mol. The number of hydrogen-bond donors (Lipinski definition) is 3. The minimum absolute atomic E-state index is 0.00638. The lowest BCUT2D eigenvalue weighted by Crippen LogP contribution is -2.17. The number of hydrogen-bond acceptors (Lipinski definition) is 5. The predicted octanol–water partition coefficient (Wildman–Crippen LogP) is 2.29. The summed E-state index contributed by atoms with van der Waals surface area (Å²) in [6.45, 7) is 3.28. The van der Waals surface area contributed by atoms with Gasteiger partial charge in [-0.15, -0.1) is 0 Å². The highest BCUT2D eigenvalue weighted by Gasteiger charge is 2.17. The van der Waals surface area contributed by atoms with Crippen LogP contribution in [0.25, 0.3) is 12.2 Å². The van der Waals surface area contributed by atoms with Gasteiger partial charge in [0, 0.05) is 6.07 Å². The summed E-state index contributed by atoms with van der Waals surface area (Å²) in [7, 11) is 0. The molecule has 5 heteroatoms. The fourth-order valence-corrected chi connectivity index (χ4v) is 1.64. The summed E-state index contributed by atoms with van der Waals surface area (Å²) in [5.41, 5.74) is 0.730. The molecule has 0 bridgehead atoms. The zero-order valence-corrected chi connectivity index (χ0v) is 11.3. The van der Waals surface area contributed by atoms with Gasteiger partial charge < -0.3 is 15.3 Å². The Bertz CT molecular complexity index is 608. The number of benzene rings is 1. The second kappa shape index (κ2) is 5.30. The zero-order valence-electron chi connectivity index (χ0n) is 11.3. The maximum Gasteiger partial charge on any atom is 0.119 e. The summed E-state index contributed by atoms with van der Waals surface area (Å²) in [4.78, 5) is 8.31. The van der Waals surface area contributed by atoms with Gasteiger partial charge in [0.2, 0.25) is 0 Å². The largest absolute Gasteiger partial charge is 0.508 e. The Labute approximate surface area is 116 Å². The fraction of sp³-hybridized carbons (Fsp3) is 0.200. The molecule has 0 aliphatic rings. The topological polar surface area (TPSA) is 86.5 Å². The smallest absolute Gasteiger partial charge is 0.119 e. The van der Waals surface area contributed by atoms with Crippen LogP contribution >= 0.6 is 0 Å². The van der Waals surface area contributed by atoms with E-state index >= 15 is 0 Å². The van der Waals surface area contributed by atoms with Gasteiger partial charge in [0.05, 0.1) is 23.8 Å². The molecule has 0 spiro atoms. The van der Waals surface area contributed by atoms with Gasteiger partial charge in [-0.3, -0.25) is 9.97 Å². The Morgan fingerprint density at radius 3 is 2.10 bits per heavy atom. The molecule has 0 aliphatic carbocycles. The van der Waals surface area contributed by atoms with E-state index in [0.717, 1.165) is 0 Å². The third-order valence-electron chi connectivity index (χ3n) is 2.67. The van der Waals surface area contributed by atoms with E-state index in [1.165, 1.54) is 24.4 Å². The average molecular weight is 272 g/mol. The predicted molar refractivity (Wildman–Crippen MR) is 76.0 cm³/mol. The molecule has 0 atom stereocenters. The van der Waals surface area contributed by atoms with Gasteiger partial charge in [0.25, 0.3) is 0 Å². The van der Waals surface area contributed by atoms with Crippen molar-refractivity contribution >= 4 is 12.2 Å². The normalized spacial score (nSPS) is 11.9. The lowest BCUT2D eigenvalue weighted by atomic mass is 10.1. The highest BCUT2D eigenvalue weighted by Crippen LogP contribution is 2.22. The van der Waals surface area contributed by atoms with Crippen molar-refractivity contribution in [2.75, 3.05) is 0 Å². The lowest BCUT2D eigenvalue weighted by Gasteiger charge is -2.15. The van der Waals surface area contributed by atoms with Gasteiger partial charge in [-0.1, -0.05) is 6.08 Å². The average Bonchev–Trinajstić information content (AvgIpc) is 2.35. The van der Waals surface area contributed by atoms with E-state index in [-0.39, 0.29) is 11.5 Å². The molecule has 0 radical (unpaired) electrons. The third-order valence-corrected chi connectivity index (χ3v) is 2.67. The second-order valence-electron chi connectivity index (χ2n) is 5.00. The number of aromatic hydroxyl groups is 2. The number of phenolic OH excluding ortho intramolecular Hbond substituents is 2. The van der Waals surface area contributed by atoms with Crippen LogP contribution < -0.4 is 0 Å². The van der Waals surface area contributed by atoms with Crippen molar-refractivity contribution in [3.8, 4) is 11.5 Å². The quantitative estimate of drug-likeness (QED) is 0.798. The molecule has 1 aromatic heterocycles. The lowest BCUT2D eigenvalue weighted by molar-refractivity contribution is 0.0734. The Kier molecular flexibility index (Phi) is 3.72. The number of rotatable bonds is 3. The van der Waals surface area contributed by atoms with E-state index in [9.17, 15) is 15.3 Å². The molecule has 104 valence electrons. The van der Waals surface area contributed by atoms with Crippen LogP contribution in [-0.2, 0) is 5.60 Å². The summed E-state index contributed by atoms with van der Waals surface area (Å²) < 4.78 is 0. The molecule has 0 aliphatic heterocycles. The molecule has 0 saturated heterocycles. The molecule has 2 aromatic rings. The Morgan fingerprint density at radius 2 is 1.60 bits per heavy atom. The molecule has 0 unspecified atom stereocenters. The molecule has 2 rings (SSSR count). The van der Waals surface area contributed by atoms with E-state index in [0.29, 0.717) is 17.0 Å². The molecule has 3 N–H and O–H groups in total. The molecule has 0 saturated carbocycles. The molecular weight excluding hydrogens is 256 g/mol. The molecular formula is C15H16N2O3. The first kappa shape index (κ1) is 14.0. The molecule has 0 fully saturated rings. The second-order valence-corrected chi connectivity index (χ2v) is 5.00. The van der Waals surface area contributed by atoms with Crippen molar-refractivity contribution in [3.05, 3.63) is 47.5 Å². The highest BCUT2D eigenvalue weighted by atomic mass is 16.3. The van der Waals surface area contributed by atoms with Crippen LogP contribution in [0.5, 0.6) is 11.5 Å². The minimum atomic E-state index is -1.02. The van der Waals surface area contributed by atoms with Gasteiger partial charge in [-0.2, -0.15) is 0 Å². The molecule has 20 heavy (non-hydrogen) atoms. The van der Waals surface area contributed by atoms with Gasteiger partial charge in [-0.25, -0.2) is 0 Å².